The van der Waals surface area contributed by atoms with Crippen LogP contribution in [0, 0.1) is 5.41 Å². The van der Waals surface area contributed by atoms with Gasteiger partial charge in [-0.2, -0.15) is 5.01 Å². The predicted octanol–water partition coefficient (Wildman–Crippen LogP) is 0.0168. The lowest BCUT2D eigenvalue weighted by molar-refractivity contribution is -0.916. The number of hydrogen-bond acceptors (Lipinski definition) is 6. The van der Waals surface area contributed by atoms with Gasteiger partial charge in [0.25, 0.3) is 10.2 Å². The van der Waals surface area contributed by atoms with E-state index in [2.05, 4.69) is 25.6 Å². The summed E-state index contributed by atoms with van der Waals surface area (Å²) in [4.78, 5) is 0. The van der Waals surface area contributed by atoms with Gasteiger partial charge >= 0.3 is 0 Å². The van der Waals surface area contributed by atoms with Crippen LogP contribution in [0.1, 0.15) is 20.8 Å². The van der Waals surface area contributed by atoms with Gasteiger partial charge in [0, 0.05) is 26.4 Å². The van der Waals surface area contributed by atoms with Crippen molar-refractivity contribution >= 4 is 10.2 Å². The average molecular weight is 320 g/mol. The molecule has 0 fully saturated rings. The molecule has 3 atom stereocenters. The molecule has 0 saturated heterocycles. The van der Waals surface area contributed by atoms with Crippen molar-refractivity contribution in [1.82, 2.24) is 9.31 Å². The van der Waals surface area contributed by atoms with Crippen molar-refractivity contribution in [3.8, 4) is 0 Å². The van der Waals surface area contributed by atoms with Crippen molar-refractivity contribution in [2.75, 3.05) is 28.2 Å². The fourth-order valence-corrected chi connectivity index (χ4v) is 2.15. The first kappa shape index (κ1) is 17.7. The molecule has 1 heterocycles. The third-order valence-corrected chi connectivity index (χ3v) is 4.34. The largest absolute Gasteiger partial charge is 0.369 e. The van der Waals surface area contributed by atoms with Gasteiger partial charge in [0.15, 0.2) is 0 Å². The Balaban J connectivity index is 2.90. The number of nitrogens with one attached hydrogen (secondary N) is 1. The highest BCUT2D eigenvalue weighted by Crippen LogP contribution is 2.30. The summed E-state index contributed by atoms with van der Waals surface area (Å²) in [5, 5.41) is 14.1. The van der Waals surface area contributed by atoms with E-state index >= 15 is 0 Å². The highest BCUT2D eigenvalue weighted by atomic mass is 32.2. The average Bonchev–Trinajstić information content (AvgIpc) is 2.63. The Morgan fingerprint density at radius 1 is 1.38 bits per heavy atom. The quantitative estimate of drug-likeness (QED) is 0.569. The van der Waals surface area contributed by atoms with Gasteiger partial charge in [-0.15, -0.1) is 0 Å². The predicted molar refractivity (Wildman–Crippen MR) is 77.4 cm³/mol. The maximum atomic E-state index is 11.6. The van der Waals surface area contributed by atoms with Crippen LogP contribution in [0.5, 0.6) is 0 Å². The summed E-state index contributed by atoms with van der Waals surface area (Å²) in [6.07, 6.45) is -0.161. The highest BCUT2D eigenvalue weighted by molar-refractivity contribution is 7.87. The molecule has 0 saturated carbocycles. The van der Waals surface area contributed by atoms with Gasteiger partial charge in [-0.3, -0.25) is 9.74 Å². The van der Waals surface area contributed by atoms with Crippen LogP contribution in [-0.2, 0) is 10.2 Å². The second-order valence-corrected chi connectivity index (χ2v) is 8.00. The highest BCUT2D eigenvalue weighted by Gasteiger charge is 2.41. The molecule has 0 spiro atoms. The minimum Gasteiger partial charge on any atom is -0.369 e. The molecule has 21 heavy (non-hydrogen) atoms. The molecule has 0 amide bonds. The molecule has 1 aliphatic rings. The number of likely N-dealkylation sites (N-methyl/N-ethyl adjacent to an activating group) is 2. The Bertz CT molecular complexity index is 498. The molecule has 0 bridgehead atoms. The van der Waals surface area contributed by atoms with E-state index in [1.54, 1.807) is 12.1 Å². The van der Waals surface area contributed by atoms with Gasteiger partial charge in [0.1, 0.15) is 0 Å². The summed E-state index contributed by atoms with van der Waals surface area (Å²) in [7, 11) is 2.67. The van der Waals surface area contributed by atoms with Gasteiger partial charge in [-0.25, -0.2) is 17.7 Å². The van der Waals surface area contributed by atoms with Crippen molar-refractivity contribution in [2.45, 2.75) is 33.0 Å². The summed E-state index contributed by atoms with van der Waals surface area (Å²) in [5.41, 5.74) is 3.86. The SMILES string of the molecule is CN1N=N[NH+](C)C1[C@H]([N-]/N=N/S(=O)(=O)N(C)C)C(C)(C)C. The second kappa shape index (κ2) is 6.20. The Hall–Kier alpha value is -1.33. The summed E-state index contributed by atoms with van der Waals surface area (Å²) in [6.45, 7) is 5.99. The smallest absolute Gasteiger partial charge is 0.253 e. The van der Waals surface area contributed by atoms with Crippen LogP contribution in [0.4, 0.5) is 0 Å². The molecule has 0 aliphatic carbocycles. The van der Waals surface area contributed by atoms with E-state index in [9.17, 15) is 8.42 Å². The summed E-state index contributed by atoms with van der Waals surface area (Å²) < 4.78 is 27.4. The van der Waals surface area contributed by atoms with Crippen LogP contribution in [0.25, 0.3) is 5.43 Å². The van der Waals surface area contributed by atoms with E-state index in [0.717, 1.165) is 9.31 Å². The first-order valence-electron chi connectivity index (χ1n) is 6.49. The van der Waals surface area contributed by atoms with Gasteiger partial charge in [-0.05, 0) is 10.6 Å². The molecule has 1 aliphatic heterocycles. The van der Waals surface area contributed by atoms with Gasteiger partial charge in [0.05, 0.1) is 13.1 Å². The third kappa shape index (κ3) is 4.32. The van der Waals surface area contributed by atoms with Gasteiger partial charge < -0.3 is 5.43 Å². The maximum Gasteiger partial charge on any atom is 0.253 e. The fourth-order valence-electron chi connectivity index (χ4n) is 1.86. The van der Waals surface area contributed by atoms with Crippen molar-refractivity contribution < 1.29 is 13.4 Å². The number of rotatable bonds is 5. The first-order valence-corrected chi connectivity index (χ1v) is 7.89. The zero-order chi connectivity index (χ0) is 16.4. The molecule has 0 aromatic rings. The topological polar surface area (TPSA) is 109 Å². The molecule has 0 aromatic heterocycles. The Labute approximate surface area is 126 Å². The third-order valence-electron chi connectivity index (χ3n) is 3.14. The van der Waals surface area contributed by atoms with Crippen LogP contribution in [0.2, 0.25) is 0 Å². The lowest BCUT2D eigenvalue weighted by Crippen LogP contribution is -3.10. The van der Waals surface area contributed by atoms with Crippen molar-refractivity contribution in [2.24, 2.45) is 25.6 Å². The Morgan fingerprint density at radius 3 is 2.33 bits per heavy atom. The fraction of sp³-hybridized carbons (Fsp3) is 1.00. The van der Waals surface area contributed by atoms with Crippen molar-refractivity contribution in [3.05, 3.63) is 5.43 Å². The van der Waals surface area contributed by atoms with Gasteiger partial charge in [-0.1, -0.05) is 20.8 Å². The lowest BCUT2D eigenvalue weighted by Gasteiger charge is -2.38. The lowest BCUT2D eigenvalue weighted by atomic mass is 9.85. The zero-order valence-electron chi connectivity index (χ0n) is 13.5. The van der Waals surface area contributed by atoms with Crippen LogP contribution in [0.15, 0.2) is 20.2 Å². The number of hydrogen-bond donors (Lipinski definition) is 1. The van der Waals surface area contributed by atoms with E-state index in [0.29, 0.717) is 0 Å². The molecular formula is C10H24N8O2S. The molecule has 1 N–H and O–H groups in total. The van der Waals surface area contributed by atoms with E-state index in [4.69, 9.17) is 0 Å². The van der Waals surface area contributed by atoms with E-state index in [1.165, 1.54) is 14.1 Å². The van der Waals surface area contributed by atoms with E-state index in [-0.39, 0.29) is 17.6 Å². The molecular weight excluding hydrogens is 296 g/mol. The molecule has 10 nitrogen and oxygen atoms in total. The van der Waals surface area contributed by atoms with E-state index in [1.807, 2.05) is 27.8 Å². The summed E-state index contributed by atoms with van der Waals surface area (Å²) in [6, 6.07) is -0.321. The summed E-state index contributed by atoms with van der Waals surface area (Å²) in [5.74, 6) is 0. The minimum atomic E-state index is -3.76. The molecule has 0 aromatic carbocycles. The second-order valence-electron chi connectivity index (χ2n) is 6.21. The number of nitrogens with zero attached hydrogens (tertiary/aromatic N) is 7. The van der Waals surface area contributed by atoms with E-state index < -0.39 is 10.2 Å². The van der Waals surface area contributed by atoms with Crippen LogP contribution >= 0.6 is 0 Å². The zero-order valence-corrected chi connectivity index (χ0v) is 14.3. The van der Waals surface area contributed by atoms with Crippen LogP contribution in [-0.4, -0.2) is 58.1 Å². The first-order chi connectivity index (χ1) is 9.47. The molecule has 122 valence electrons. The Kier molecular flexibility index (Phi) is 5.23. The van der Waals surface area contributed by atoms with Gasteiger partial charge in [0.2, 0.25) is 6.17 Å². The van der Waals surface area contributed by atoms with Crippen molar-refractivity contribution in [3.63, 3.8) is 0 Å². The maximum absolute atomic E-state index is 11.6. The molecule has 2 unspecified atom stereocenters. The van der Waals surface area contributed by atoms with Crippen molar-refractivity contribution in [1.29, 1.82) is 0 Å². The van der Waals surface area contributed by atoms with Crippen LogP contribution < -0.4 is 5.01 Å². The summed E-state index contributed by atoms with van der Waals surface area (Å²) >= 11 is 0. The monoisotopic (exact) mass is 320 g/mol. The minimum absolute atomic E-state index is 0.161. The molecule has 11 heteroatoms. The van der Waals surface area contributed by atoms with Crippen LogP contribution in [0.3, 0.4) is 0 Å². The number of quaternary nitrogens is 1. The standard InChI is InChI=1S/C10H23N8O2S/c1-10(2,3)8(9-17(6)13-14-18(9)7)11-12-15-21(19,20)16(4)5/h8-9H,1-7H3/q-1/p+1/t8-/m0/s1. The Morgan fingerprint density at radius 2 is 1.95 bits per heavy atom. The normalized spacial score (nSPS) is 25.0. The molecule has 0 radical (unpaired) electrons. The molecule has 1 rings (SSSR count).